The lowest BCUT2D eigenvalue weighted by atomic mass is 10.0. The van der Waals surface area contributed by atoms with Gasteiger partial charge in [0.1, 0.15) is 0 Å². The van der Waals surface area contributed by atoms with Crippen LogP contribution in [0.5, 0.6) is 0 Å². The Bertz CT molecular complexity index is 277. The number of rotatable bonds is 7. The van der Waals surface area contributed by atoms with Gasteiger partial charge in [-0.25, -0.2) is 0 Å². The summed E-state index contributed by atoms with van der Waals surface area (Å²) in [6, 6.07) is 0.0418. The standard InChI is InChI=1S/C15H28N2O2/c1-2-9-16-14-8-5-10-17(15(14)18)11-12-19-13-6-3-4-7-13/h13-14,16H,2-12H2,1H3. The van der Waals surface area contributed by atoms with Crippen LogP contribution in [0.1, 0.15) is 51.9 Å². The summed E-state index contributed by atoms with van der Waals surface area (Å²) in [6.07, 6.45) is 8.63. The molecule has 19 heavy (non-hydrogen) atoms. The highest BCUT2D eigenvalue weighted by atomic mass is 16.5. The van der Waals surface area contributed by atoms with Gasteiger partial charge in [0.2, 0.25) is 5.91 Å². The number of hydrogen-bond acceptors (Lipinski definition) is 3. The third kappa shape index (κ3) is 4.46. The largest absolute Gasteiger partial charge is 0.376 e. The molecule has 0 spiro atoms. The van der Waals surface area contributed by atoms with Crippen molar-refractivity contribution in [3.63, 3.8) is 0 Å². The summed E-state index contributed by atoms with van der Waals surface area (Å²) in [5.41, 5.74) is 0. The molecule has 1 aliphatic carbocycles. The van der Waals surface area contributed by atoms with Crippen molar-refractivity contribution in [2.24, 2.45) is 0 Å². The third-order valence-corrected chi connectivity index (χ3v) is 4.19. The van der Waals surface area contributed by atoms with Crippen molar-refractivity contribution < 1.29 is 9.53 Å². The SMILES string of the molecule is CCCNC1CCCN(CCOC2CCCC2)C1=O. The van der Waals surface area contributed by atoms with Crippen LogP contribution in [-0.2, 0) is 9.53 Å². The van der Waals surface area contributed by atoms with E-state index in [2.05, 4.69) is 12.2 Å². The van der Waals surface area contributed by atoms with E-state index in [9.17, 15) is 4.79 Å². The van der Waals surface area contributed by atoms with Crippen molar-refractivity contribution in [2.45, 2.75) is 64.0 Å². The number of nitrogens with zero attached hydrogens (tertiary/aromatic N) is 1. The van der Waals surface area contributed by atoms with Gasteiger partial charge in [0, 0.05) is 13.1 Å². The lowest BCUT2D eigenvalue weighted by Gasteiger charge is -2.33. The highest BCUT2D eigenvalue weighted by Crippen LogP contribution is 2.21. The Morgan fingerprint density at radius 1 is 1.26 bits per heavy atom. The fourth-order valence-electron chi connectivity index (χ4n) is 3.05. The van der Waals surface area contributed by atoms with E-state index in [0.29, 0.717) is 12.7 Å². The van der Waals surface area contributed by atoms with Crippen molar-refractivity contribution >= 4 is 5.91 Å². The fourth-order valence-corrected chi connectivity index (χ4v) is 3.05. The first kappa shape index (κ1) is 14.8. The minimum absolute atomic E-state index is 0.0418. The predicted octanol–water partition coefficient (Wildman–Crippen LogP) is 1.94. The lowest BCUT2D eigenvalue weighted by molar-refractivity contribution is -0.137. The number of amides is 1. The quantitative estimate of drug-likeness (QED) is 0.767. The van der Waals surface area contributed by atoms with Gasteiger partial charge >= 0.3 is 0 Å². The van der Waals surface area contributed by atoms with Crippen LogP contribution in [0.25, 0.3) is 0 Å². The molecular weight excluding hydrogens is 240 g/mol. The van der Waals surface area contributed by atoms with Gasteiger partial charge in [0.05, 0.1) is 18.8 Å². The van der Waals surface area contributed by atoms with Crippen LogP contribution < -0.4 is 5.32 Å². The molecule has 1 atom stereocenters. The first-order valence-electron chi connectivity index (χ1n) is 7.95. The van der Waals surface area contributed by atoms with Gasteiger partial charge in [0.25, 0.3) is 0 Å². The maximum atomic E-state index is 12.3. The normalized spacial score (nSPS) is 25.2. The number of carbonyl (C=O) groups excluding carboxylic acids is 1. The summed E-state index contributed by atoms with van der Waals surface area (Å²) in [4.78, 5) is 14.2. The van der Waals surface area contributed by atoms with Gasteiger partial charge in [0.15, 0.2) is 0 Å². The Balaban J connectivity index is 1.68. The smallest absolute Gasteiger partial charge is 0.239 e. The number of nitrogens with one attached hydrogen (secondary N) is 1. The van der Waals surface area contributed by atoms with Gasteiger partial charge in [-0.3, -0.25) is 4.79 Å². The van der Waals surface area contributed by atoms with Crippen LogP contribution in [0.3, 0.4) is 0 Å². The highest BCUT2D eigenvalue weighted by molar-refractivity contribution is 5.82. The highest BCUT2D eigenvalue weighted by Gasteiger charge is 2.27. The summed E-state index contributed by atoms with van der Waals surface area (Å²) < 4.78 is 5.86. The minimum Gasteiger partial charge on any atom is -0.376 e. The van der Waals surface area contributed by atoms with Gasteiger partial charge in [-0.15, -0.1) is 0 Å². The van der Waals surface area contributed by atoms with Crippen LogP contribution in [-0.4, -0.2) is 49.2 Å². The zero-order valence-corrected chi connectivity index (χ0v) is 12.2. The second-order valence-electron chi connectivity index (χ2n) is 5.75. The summed E-state index contributed by atoms with van der Waals surface area (Å²) in [5.74, 6) is 0.273. The minimum atomic E-state index is 0.0418. The van der Waals surface area contributed by atoms with Crippen LogP contribution in [0.15, 0.2) is 0 Å². The zero-order chi connectivity index (χ0) is 13.5. The molecule has 1 heterocycles. The molecule has 1 unspecified atom stereocenters. The molecule has 0 aromatic carbocycles. The van der Waals surface area contributed by atoms with E-state index in [1.54, 1.807) is 0 Å². The second kappa shape index (κ2) is 7.85. The molecule has 2 aliphatic rings. The average molecular weight is 268 g/mol. The predicted molar refractivity (Wildman–Crippen MR) is 76.1 cm³/mol. The van der Waals surface area contributed by atoms with Gasteiger partial charge in [-0.2, -0.15) is 0 Å². The van der Waals surface area contributed by atoms with E-state index in [4.69, 9.17) is 4.74 Å². The summed E-state index contributed by atoms with van der Waals surface area (Å²) in [6.45, 7) is 5.43. The van der Waals surface area contributed by atoms with Gasteiger partial charge in [-0.1, -0.05) is 19.8 Å². The molecule has 1 N–H and O–H groups in total. The van der Waals surface area contributed by atoms with Crippen LogP contribution in [0, 0.1) is 0 Å². The molecule has 0 bridgehead atoms. The maximum Gasteiger partial charge on any atom is 0.239 e. The number of hydrogen-bond donors (Lipinski definition) is 1. The molecule has 110 valence electrons. The van der Waals surface area contributed by atoms with E-state index in [-0.39, 0.29) is 11.9 Å². The van der Waals surface area contributed by atoms with Crippen LogP contribution in [0.4, 0.5) is 0 Å². The first-order chi connectivity index (χ1) is 9.31. The molecule has 0 radical (unpaired) electrons. The van der Waals surface area contributed by atoms with Gasteiger partial charge in [-0.05, 0) is 38.6 Å². The molecule has 1 saturated heterocycles. The molecule has 0 aromatic heterocycles. The van der Waals surface area contributed by atoms with Crippen molar-refractivity contribution in [1.29, 1.82) is 0 Å². The first-order valence-corrected chi connectivity index (χ1v) is 7.95. The second-order valence-corrected chi connectivity index (χ2v) is 5.75. The Labute approximate surface area is 116 Å². The molecule has 1 aliphatic heterocycles. The lowest BCUT2D eigenvalue weighted by Crippen LogP contribution is -2.51. The van der Waals surface area contributed by atoms with Crippen molar-refractivity contribution in [3.8, 4) is 0 Å². The van der Waals surface area contributed by atoms with Crippen molar-refractivity contribution in [1.82, 2.24) is 10.2 Å². The van der Waals surface area contributed by atoms with Gasteiger partial charge < -0.3 is 15.0 Å². The van der Waals surface area contributed by atoms with Crippen LogP contribution >= 0.6 is 0 Å². The summed E-state index contributed by atoms with van der Waals surface area (Å²) >= 11 is 0. The number of ether oxygens (including phenoxy) is 1. The Morgan fingerprint density at radius 2 is 2.05 bits per heavy atom. The molecule has 0 aromatic rings. The average Bonchev–Trinajstić information content (AvgIpc) is 2.92. The summed E-state index contributed by atoms with van der Waals surface area (Å²) in [5, 5.41) is 3.35. The van der Waals surface area contributed by atoms with E-state index in [1.807, 2.05) is 4.90 Å². The van der Waals surface area contributed by atoms with E-state index in [1.165, 1.54) is 25.7 Å². The van der Waals surface area contributed by atoms with E-state index < -0.39 is 0 Å². The molecule has 4 nitrogen and oxygen atoms in total. The monoisotopic (exact) mass is 268 g/mol. The molecule has 2 rings (SSSR count). The maximum absolute atomic E-state index is 12.3. The molecule has 2 fully saturated rings. The number of likely N-dealkylation sites (tertiary alicyclic amines) is 1. The van der Waals surface area contributed by atoms with Crippen LogP contribution in [0.2, 0.25) is 0 Å². The van der Waals surface area contributed by atoms with E-state index >= 15 is 0 Å². The molecular formula is C15H28N2O2. The molecule has 4 heteroatoms. The van der Waals surface area contributed by atoms with E-state index in [0.717, 1.165) is 38.9 Å². The fraction of sp³-hybridized carbons (Fsp3) is 0.933. The Morgan fingerprint density at radius 3 is 2.79 bits per heavy atom. The van der Waals surface area contributed by atoms with Crippen molar-refractivity contribution in [3.05, 3.63) is 0 Å². The Kier molecular flexibility index (Phi) is 6.11. The zero-order valence-electron chi connectivity index (χ0n) is 12.2. The van der Waals surface area contributed by atoms with Crippen molar-refractivity contribution in [2.75, 3.05) is 26.2 Å². The molecule has 1 saturated carbocycles. The third-order valence-electron chi connectivity index (χ3n) is 4.19. The molecule has 1 amide bonds. The Hall–Kier alpha value is -0.610. The topological polar surface area (TPSA) is 41.6 Å². The number of piperidine rings is 1. The number of carbonyl (C=O) groups is 1. The summed E-state index contributed by atoms with van der Waals surface area (Å²) in [7, 11) is 0.